The molecule has 70 valence electrons. The van der Waals surface area contributed by atoms with E-state index in [-0.39, 0.29) is 0 Å². The van der Waals surface area contributed by atoms with E-state index in [4.69, 9.17) is 0 Å². The molecule has 0 aliphatic rings. The molecule has 0 N–H and O–H groups in total. The van der Waals surface area contributed by atoms with Gasteiger partial charge in [0.2, 0.25) is 0 Å². The zero-order chi connectivity index (χ0) is 9.90. The maximum absolute atomic E-state index is 12.1. The molecule has 0 atom stereocenters. The minimum absolute atomic E-state index is 0.660. The van der Waals surface area contributed by atoms with Crippen LogP contribution in [-0.4, -0.2) is 26.1 Å². The molecule has 2 radical (unpaired) electrons. The van der Waals surface area contributed by atoms with Crippen LogP contribution in [0, 0.1) is 0 Å². The number of pyridine rings is 1. The third-order valence-electron chi connectivity index (χ3n) is 1.45. The molecular weight excluding hydrogens is 286 g/mol. The summed E-state index contributed by atoms with van der Waals surface area (Å²) in [5.74, 6) is 0. The minimum atomic E-state index is -4.26. The molecule has 0 unspecified atom stereocenters. The van der Waals surface area contributed by atoms with Crippen LogP contribution >= 0.6 is 0 Å². The number of hydrogen-bond donors (Lipinski definition) is 0. The monoisotopic (exact) mass is 295 g/mol. The molecule has 1 nitrogen and oxygen atoms in total. The number of hydrogen-bond acceptors (Lipinski definition) is 1. The molecule has 0 aliphatic carbocycles. The molecule has 0 saturated carbocycles. The first-order valence-corrected chi connectivity index (χ1v) is 7.25. The van der Waals surface area contributed by atoms with Gasteiger partial charge in [-0.15, -0.1) is 0 Å². The Labute approximate surface area is 84.6 Å². The molecule has 1 aromatic rings. The van der Waals surface area contributed by atoms with Gasteiger partial charge < -0.3 is 0 Å². The predicted octanol–water partition coefficient (Wildman–Crippen LogP) is 1.87. The standard InChI is InChI=1S/C6H3F3N.C2H5.Sn/c7-6(8,9)5-2-1-3-10-4-5;1-2;/h1-2,4H;1H2,2H3;. The van der Waals surface area contributed by atoms with Crippen molar-refractivity contribution in [3.05, 3.63) is 23.9 Å². The van der Waals surface area contributed by atoms with Gasteiger partial charge in [0.25, 0.3) is 0 Å². The van der Waals surface area contributed by atoms with Gasteiger partial charge in [0.05, 0.1) is 0 Å². The zero-order valence-corrected chi connectivity index (χ0v) is 9.87. The van der Waals surface area contributed by atoms with Crippen LogP contribution in [0.1, 0.15) is 12.5 Å². The Morgan fingerprint density at radius 3 is 2.46 bits per heavy atom. The average molecular weight is 294 g/mol. The van der Waals surface area contributed by atoms with Crippen molar-refractivity contribution in [3.63, 3.8) is 0 Å². The summed E-state index contributed by atoms with van der Waals surface area (Å²) in [4.78, 5) is 3.79. The zero-order valence-electron chi connectivity index (χ0n) is 7.02. The first-order valence-electron chi connectivity index (χ1n) is 3.81. The van der Waals surface area contributed by atoms with E-state index in [9.17, 15) is 13.2 Å². The van der Waals surface area contributed by atoms with Gasteiger partial charge in [-0.25, -0.2) is 0 Å². The van der Waals surface area contributed by atoms with Crippen molar-refractivity contribution in [1.82, 2.24) is 4.98 Å². The van der Waals surface area contributed by atoms with Crippen LogP contribution in [0.25, 0.3) is 0 Å². The number of halogens is 3. The van der Waals surface area contributed by atoms with E-state index in [1.165, 1.54) is 6.07 Å². The Morgan fingerprint density at radius 1 is 1.38 bits per heavy atom. The van der Waals surface area contributed by atoms with E-state index in [2.05, 4.69) is 4.98 Å². The summed E-state index contributed by atoms with van der Waals surface area (Å²) in [7, 11) is 0. The van der Waals surface area contributed by atoms with E-state index in [0.717, 1.165) is 20.4 Å². The van der Waals surface area contributed by atoms with Crippen LogP contribution < -0.4 is 3.71 Å². The van der Waals surface area contributed by atoms with E-state index < -0.39 is 32.9 Å². The summed E-state index contributed by atoms with van der Waals surface area (Å²) < 4.78 is 38.2. The fraction of sp³-hybridized carbons (Fsp3) is 0.375. The van der Waals surface area contributed by atoms with Crippen molar-refractivity contribution in [2.45, 2.75) is 17.5 Å². The Bertz CT molecular complexity index is 268. The fourth-order valence-electron chi connectivity index (χ4n) is 0.847. The third-order valence-corrected chi connectivity index (χ3v) is 4.34. The van der Waals surface area contributed by atoms with Crippen LogP contribution in [0.15, 0.2) is 18.3 Å². The topological polar surface area (TPSA) is 12.9 Å². The van der Waals surface area contributed by atoms with Crippen LogP contribution in [-0.2, 0) is 6.18 Å². The van der Waals surface area contributed by atoms with Gasteiger partial charge in [0.1, 0.15) is 0 Å². The van der Waals surface area contributed by atoms with Gasteiger partial charge in [-0.05, 0) is 0 Å². The van der Waals surface area contributed by atoms with Gasteiger partial charge >= 0.3 is 84.4 Å². The Kier molecular flexibility index (Phi) is 3.58. The van der Waals surface area contributed by atoms with Crippen molar-refractivity contribution in [1.29, 1.82) is 0 Å². The summed E-state index contributed by atoms with van der Waals surface area (Å²) in [5.41, 5.74) is -0.660. The molecule has 0 aromatic carbocycles. The summed E-state index contributed by atoms with van der Waals surface area (Å²) >= 11 is -0.699. The van der Waals surface area contributed by atoms with Gasteiger partial charge in [0, 0.05) is 0 Å². The van der Waals surface area contributed by atoms with Crippen LogP contribution in [0.3, 0.4) is 0 Å². The van der Waals surface area contributed by atoms with Gasteiger partial charge in [-0.1, -0.05) is 0 Å². The fourth-order valence-corrected chi connectivity index (χ4v) is 2.90. The first-order chi connectivity index (χ1) is 6.04. The summed E-state index contributed by atoms with van der Waals surface area (Å²) in [6, 6.07) is 2.61. The first kappa shape index (κ1) is 10.8. The van der Waals surface area contributed by atoms with Crippen LogP contribution in [0.4, 0.5) is 13.2 Å². The molecule has 0 saturated heterocycles. The van der Waals surface area contributed by atoms with Crippen molar-refractivity contribution >= 4 is 24.9 Å². The predicted molar refractivity (Wildman–Crippen MR) is 45.1 cm³/mol. The second-order valence-electron chi connectivity index (χ2n) is 2.46. The molecule has 1 rings (SSSR count). The molecule has 1 aromatic heterocycles. The Morgan fingerprint density at radius 2 is 2.08 bits per heavy atom. The number of rotatable bonds is 2. The second kappa shape index (κ2) is 4.30. The molecule has 0 bridgehead atoms. The maximum atomic E-state index is 12.1. The van der Waals surface area contributed by atoms with E-state index in [0.29, 0.717) is 0 Å². The summed E-state index contributed by atoms with van der Waals surface area (Å²) in [5, 5.41) is 0. The van der Waals surface area contributed by atoms with E-state index in [1.807, 2.05) is 6.92 Å². The molecule has 13 heavy (non-hydrogen) atoms. The van der Waals surface area contributed by atoms with Gasteiger partial charge in [0.15, 0.2) is 0 Å². The Hall–Kier alpha value is -0.261. The second-order valence-corrected chi connectivity index (χ2v) is 6.95. The van der Waals surface area contributed by atoms with Crippen molar-refractivity contribution in [3.8, 4) is 0 Å². The quantitative estimate of drug-likeness (QED) is 0.759. The molecule has 0 fully saturated rings. The van der Waals surface area contributed by atoms with Crippen molar-refractivity contribution < 1.29 is 13.2 Å². The molecule has 5 heteroatoms. The SMILES string of the molecule is C[CH2][Sn][c]1ccc(C(F)(F)F)cn1. The van der Waals surface area contributed by atoms with E-state index >= 15 is 0 Å². The summed E-state index contributed by atoms with van der Waals surface area (Å²) in [6.07, 6.45) is -3.34. The number of aromatic nitrogens is 1. The number of nitrogens with zero attached hydrogens (tertiary/aromatic N) is 1. The normalized spacial score (nSPS) is 11.7. The van der Waals surface area contributed by atoms with E-state index in [1.54, 1.807) is 0 Å². The molecule has 0 spiro atoms. The van der Waals surface area contributed by atoms with Crippen molar-refractivity contribution in [2.75, 3.05) is 0 Å². The van der Waals surface area contributed by atoms with Gasteiger partial charge in [-0.3, -0.25) is 0 Å². The molecule has 0 aliphatic heterocycles. The van der Waals surface area contributed by atoms with Crippen LogP contribution in [0.5, 0.6) is 0 Å². The summed E-state index contributed by atoms with van der Waals surface area (Å²) in [6.45, 7) is 2.03. The third kappa shape index (κ3) is 3.17. The van der Waals surface area contributed by atoms with Gasteiger partial charge in [-0.2, -0.15) is 0 Å². The number of alkyl halides is 3. The molecule has 0 amide bonds. The van der Waals surface area contributed by atoms with Crippen molar-refractivity contribution in [2.24, 2.45) is 0 Å². The molecule has 1 heterocycles. The molecular formula is C8H8F3NSn. The Balaban J connectivity index is 2.81. The average Bonchev–Trinajstić information content (AvgIpc) is 2.04. The van der Waals surface area contributed by atoms with Crippen LogP contribution in [0.2, 0.25) is 4.44 Å².